The van der Waals surface area contributed by atoms with Gasteiger partial charge in [-0.3, -0.25) is 4.79 Å². The molecule has 0 bridgehead atoms. The molecule has 1 atom stereocenters. The number of halogens is 3. The minimum absolute atomic E-state index is 0.00277. The second-order valence-electron chi connectivity index (χ2n) is 6.68. The normalized spacial score (nSPS) is 21.4. The number of hydrogen-bond donors (Lipinski definition) is 0. The van der Waals surface area contributed by atoms with Crippen molar-refractivity contribution in [3.63, 3.8) is 0 Å². The van der Waals surface area contributed by atoms with Crippen molar-refractivity contribution >= 4 is 5.91 Å². The number of methoxy groups -OCH3 is 2. The van der Waals surface area contributed by atoms with Crippen molar-refractivity contribution in [3.8, 4) is 0 Å². The van der Waals surface area contributed by atoms with E-state index in [0.717, 1.165) is 27.2 Å². The minimum atomic E-state index is -4.91. The molecule has 1 aliphatic heterocycles. The number of carbonyl (C=O) groups is 1. The number of alkyl halides is 3. The van der Waals surface area contributed by atoms with Crippen LogP contribution in [0, 0.1) is 0 Å². The van der Waals surface area contributed by atoms with E-state index in [1.807, 2.05) is 30.3 Å². The van der Waals surface area contributed by atoms with Crippen molar-refractivity contribution in [2.75, 3.05) is 20.8 Å². The molecule has 1 aromatic carbocycles. The Kier molecular flexibility index (Phi) is 4.05. The Balaban J connectivity index is 1.95. The Morgan fingerprint density at radius 1 is 1.19 bits per heavy atom. The average molecular weight is 377 g/mol. The van der Waals surface area contributed by atoms with E-state index in [9.17, 15) is 18.0 Å². The zero-order chi connectivity index (χ0) is 19.3. The maximum atomic E-state index is 13.2. The summed E-state index contributed by atoms with van der Waals surface area (Å²) >= 11 is 0. The third kappa shape index (κ3) is 2.64. The molecular weight excluding hydrogens is 359 g/mol. The molecular formula is C20H18F3NO3. The molecule has 0 fully saturated rings. The van der Waals surface area contributed by atoms with E-state index in [-0.39, 0.29) is 18.9 Å². The van der Waals surface area contributed by atoms with Crippen LogP contribution in [-0.4, -0.2) is 37.7 Å². The highest BCUT2D eigenvalue weighted by Crippen LogP contribution is 2.51. The van der Waals surface area contributed by atoms with Crippen molar-refractivity contribution < 1.29 is 27.4 Å². The summed E-state index contributed by atoms with van der Waals surface area (Å²) in [5.74, 6) is -1.09. The number of ether oxygens (including phenoxy) is 2. The van der Waals surface area contributed by atoms with Gasteiger partial charge in [0.1, 0.15) is 5.76 Å². The lowest BCUT2D eigenvalue weighted by Gasteiger charge is -2.42. The van der Waals surface area contributed by atoms with Crippen LogP contribution in [0.5, 0.6) is 0 Å². The highest BCUT2D eigenvalue weighted by atomic mass is 19.4. The lowest BCUT2D eigenvalue weighted by atomic mass is 9.71. The molecule has 3 aliphatic rings. The van der Waals surface area contributed by atoms with E-state index >= 15 is 0 Å². The summed E-state index contributed by atoms with van der Waals surface area (Å²) in [4.78, 5) is 12.9. The first-order valence-corrected chi connectivity index (χ1v) is 8.59. The number of carbonyl (C=O) groups excluding carboxylic acids is 1. The second-order valence-corrected chi connectivity index (χ2v) is 6.68. The Morgan fingerprint density at radius 2 is 1.93 bits per heavy atom. The van der Waals surface area contributed by atoms with Crippen molar-refractivity contribution in [3.05, 3.63) is 69.8 Å². The van der Waals surface area contributed by atoms with Gasteiger partial charge in [-0.25, -0.2) is 0 Å². The van der Waals surface area contributed by atoms with Crippen molar-refractivity contribution in [2.24, 2.45) is 0 Å². The Labute approximate surface area is 154 Å². The minimum Gasteiger partial charge on any atom is -0.496 e. The highest BCUT2D eigenvalue weighted by molar-refractivity contribution is 5.85. The van der Waals surface area contributed by atoms with Crippen LogP contribution in [0.25, 0.3) is 0 Å². The second kappa shape index (κ2) is 6.18. The van der Waals surface area contributed by atoms with E-state index in [2.05, 4.69) is 0 Å². The van der Waals surface area contributed by atoms with Gasteiger partial charge in [-0.1, -0.05) is 24.3 Å². The molecule has 1 aromatic rings. The lowest BCUT2D eigenvalue weighted by Crippen LogP contribution is -2.45. The summed E-state index contributed by atoms with van der Waals surface area (Å²) in [6.45, 7) is -0.00277. The monoisotopic (exact) mass is 377 g/mol. The molecule has 0 saturated carbocycles. The van der Waals surface area contributed by atoms with Crippen LogP contribution in [0.4, 0.5) is 13.2 Å². The van der Waals surface area contributed by atoms with E-state index in [0.29, 0.717) is 23.6 Å². The van der Waals surface area contributed by atoms with Crippen LogP contribution >= 0.6 is 0 Å². The summed E-state index contributed by atoms with van der Waals surface area (Å²) in [7, 11) is 3.06. The molecule has 1 heterocycles. The number of rotatable bonds is 2. The Hall–Kier alpha value is -2.70. The average Bonchev–Trinajstić information content (AvgIpc) is 2.66. The molecule has 0 unspecified atom stereocenters. The fraction of sp³-hybridized carbons (Fsp3) is 0.350. The lowest BCUT2D eigenvalue weighted by molar-refractivity contribution is -0.183. The maximum absolute atomic E-state index is 13.2. The van der Waals surface area contributed by atoms with Crippen molar-refractivity contribution in [1.29, 1.82) is 0 Å². The fourth-order valence-electron chi connectivity index (χ4n) is 4.24. The van der Waals surface area contributed by atoms with Gasteiger partial charge < -0.3 is 14.4 Å². The van der Waals surface area contributed by atoms with Crippen LogP contribution in [0.1, 0.15) is 23.5 Å². The van der Waals surface area contributed by atoms with Crippen LogP contribution in [0.2, 0.25) is 0 Å². The molecule has 7 heteroatoms. The summed E-state index contributed by atoms with van der Waals surface area (Å²) in [6, 6.07) is 7.56. The summed E-state index contributed by atoms with van der Waals surface area (Å²) in [5.41, 5.74) is 3.88. The third-order valence-electron chi connectivity index (χ3n) is 5.34. The van der Waals surface area contributed by atoms with Gasteiger partial charge in [0.25, 0.3) is 0 Å². The van der Waals surface area contributed by atoms with Crippen LogP contribution in [0.15, 0.2) is 58.7 Å². The Morgan fingerprint density at radius 3 is 2.59 bits per heavy atom. The van der Waals surface area contributed by atoms with E-state index < -0.39 is 12.1 Å². The Bertz CT molecular complexity index is 911. The van der Waals surface area contributed by atoms with E-state index in [4.69, 9.17) is 9.47 Å². The number of amides is 1. The topological polar surface area (TPSA) is 38.8 Å². The van der Waals surface area contributed by atoms with Crippen molar-refractivity contribution in [2.45, 2.75) is 24.9 Å². The third-order valence-corrected chi connectivity index (χ3v) is 5.34. The predicted octanol–water partition coefficient (Wildman–Crippen LogP) is 3.82. The van der Waals surface area contributed by atoms with Gasteiger partial charge in [-0.05, 0) is 34.8 Å². The van der Waals surface area contributed by atoms with Gasteiger partial charge in [-0.15, -0.1) is 0 Å². The highest BCUT2D eigenvalue weighted by Gasteiger charge is 2.48. The first-order chi connectivity index (χ1) is 12.9. The fourth-order valence-corrected chi connectivity index (χ4v) is 4.24. The summed E-state index contributed by atoms with van der Waals surface area (Å²) in [5, 5.41) is 0. The first kappa shape index (κ1) is 17.7. The van der Waals surface area contributed by atoms with Gasteiger partial charge in [0, 0.05) is 18.7 Å². The molecule has 1 amide bonds. The van der Waals surface area contributed by atoms with Gasteiger partial charge in [0.2, 0.25) is 0 Å². The SMILES string of the molecule is COC1=C(OC)[C@H]2C3=C(Cc4ccccc42)N(C(=O)C(F)(F)F)CCC3=C1. The summed E-state index contributed by atoms with van der Waals surface area (Å²) in [6.07, 6.45) is -2.48. The standard InChI is InChI=1S/C20H18F3NO3/c1-26-15-10-12-7-8-24(19(25)20(21,22)23)14-9-11-5-3-4-6-13(11)17(16(12)14)18(15)27-2/h3-6,10,17H,7-9H2,1-2H3/t17-/m1/s1. The zero-order valence-electron chi connectivity index (χ0n) is 14.9. The molecule has 0 spiro atoms. The molecule has 0 saturated heterocycles. The number of hydrogen-bond acceptors (Lipinski definition) is 3. The maximum Gasteiger partial charge on any atom is 0.471 e. The van der Waals surface area contributed by atoms with Gasteiger partial charge >= 0.3 is 12.1 Å². The number of benzene rings is 1. The van der Waals surface area contributed by atoms with Crippen molar-refractivity contribution in [1.82, 2.24) is 4.90 Å². The quantitative estimate of drug-likeness (QED) is 0.787. The molecule has 27 heavy (non-hydrogen) atoms. The molecule has 142 valence electrons. The van der Waals surface area contributed by atoms with Gasteiger partial charge in [0.05, 0.1) is 20.1 Å². The van der Waals surface area contributed by atoms with E-state index in [1.165, 1.54) is 14.2 Å². The molecule has 0 N–H and O–H groups in total. The number of nitrogens with zero attached hydrogens (tertiary/aromatic N) is 1. The molecule has 0 radical (unpaired) electrons. The largest absolute Gasteiger partial charge is 0.496 e. The first-order valence-electron chi connectivity index (χ1n) is 8.59. The predicted molar refractivity (Wildman–Crippen MR) is 91.4 cm³/mol. The van der Waals surface area contributed by atoms with Gasteiger partial charge in [0.15, 0.2) is 5.76 Å². The number of allylic oxidation sites excluding steroid dienone is 3. The van der Waals surface area contributed by atoms with E-state index in [1.54, 1.807) is 0 Å². The number of fused-ring (bicyclic) bond motifs is 2. The smallest absolute Gasteiger partial charge is 0.471 e. The molecule has 4 rings (SSSR count). The molecule has 4 nitrogen and oxygen atoms in total. The van der Waals surface area contributed by atoms with Crippen LogP contribution in [-0.2, 0) is 20.7 Å². The van der Waals surface area contributed by atoms with Gasteiger partial charge in [-0.2, -0.15) is 13.2 Å². The summed E-state index contributed by atoms with van der Waals surface area (Å²) < 4.78 is 50.5. The zero-order valence-corrected chi connectivity index (χ0v) is 14.9. The van der Waals surface area contributed by atoms with Crippen LogP contribution < -0.4 is 0 Å². The van der Waals surface area contributed by atoms with Crippen LogP contribution in [0.3, 0.4) is 0 Å². The molecule has 2 aliphatic carbocycles. The molecule has 0 aromatic heterocycles.